The van der Waals surface area contributed by atoms with Crippen LogP contribution < -0.4 is 5.32 Å². The molecule has 0 saturated carbocycles. The van der Waals surface area contributed by atoms with Crippen molar-refractivity contribution in [3.63, 3.8) is 0 Å². The summed E-state index contributed by atoms with van der Waals surface area (Å²) in [5, 5.41) is 3.51. The summed E-state index contributed by atoms with van der Waals surface area (Å²) < 4.78 is 27.5. The summed E-state index contributed by atoms with van der Waals surface area (Å²) in [7, 11) is -3.36. The third kappa shape index (κ3) is 4.20. The molecule has 2 rings (SSSR count). The van der Waals surface area contributed by atoms with Crippen molar-refractivity contribution >= 4 is 33.0 Å². The zero-order valence-electron chi connectivity index (χ0n) is 12.5. The van der Waals surface area contributed by atoms with Gasteiger partial charge < -0.3 is 5.32 Å². The van der Waals surface area contributed by atoms with Crippen molar-refractivity contribution in [1.29, 1.82) is 0 Å². The van der Waals surface area contributed by atoms with E-state index in [0.717, 1.165) is 37.1 Å². The van der Waals surface area contributed by atoms with E-state index >= 15 is 0 Å². The van der Waals surface area contributed by atoms with Crippen LogP contribution in [-0.4, -0.2) is 38.4 Å². The molecule has 1 aliphatic rings. The number of nitrogens with one attached hydrogen (secondary N) is 1. The van der Waals surface area contributed by atoms with Gasteiger partial charge in [0.15, 0.2) is 0 Å². The molecule has 1 saturated heterocycles. The van der Waals surface area contributed by atoms with Crippen LogP contribution in [0.15, 0.2) is 16.3 Å². The van der Waals surface area contributed by atoms with Crippen LogP contribution in [0.4, 0.5) is 0 Å². The van der Waals surface area contributed by atoms with E-state index in [4.69, 9.17) is 11.6 Å². The summed E-state index contributed by atoms with van der Waals surface area (Å²) in [5.41, 5.74) is 0. The van der Waals surface area contributed by atoms with Crippen molar-refractivity contribution in [1.82, 2.24) is 9.62 Å². The second-order valence-corrected chi connectivity index (χ2v) is 9.42. The van der Waals surface area contributed by atoms with E-state index in [1.807, 2.05) is 0 Å². The van der Waals surface area contributed by atoms with Crippen LogP contribution in [0.3, 0.4) is 0 Å². The molecular weight excluding hydrogens is 328 g/mol. The monoisotopic (exact) mass is 350 g/mol. The van der Waals surface area contributed by atoms with Crippen molar-refractivity contribution in [3.8, 4) is 0 Å². The Kier molecular flexibility index (Phi) is 6.08. The third-order valence-corrected chi connectivity index (χ3v) is 7.66. The molecule has 1 atom stereocenters. The SMILES string of the molecule is CCCNC(C)C1CCN(S(=O)(=O)c2ccc(Cl)s2)CC1. The minimum Gasteiger partial charge on any atom is -0.314 e. The van der Waals surface area contributed by atoms with Gasteiger partial charge in [-0.1, -0.05) is 18.5 Å². The number of halogens is 1. The Balaban J connectivity index is 1.94. The molecule has 1 unspecified atom stereocenters. The zero-order chi connectivity index (χ0) is 15.5. The molecule has 120 valence electrons. The summed E-state index contributed by atoms with van der Waals surface area (Å²) in [6, 6.07) is 3.69. The van der Waals surface area contributed by atoms with Crippen LogP contribution in [0.1, 0.15) is 33.1 Å². The molecule has 0 aromatic carbocycles. The fourth-order valence-electron chi connectivity index (χ4n) is 2.72. The summed E-state index contributed by atoms with van der Waals surface area (Å²) in [6.07, 6.45) is 2.95. The average Bonchev–Trinajstić information content (AvgIpc) is 2.92. The van der Waals surface area contributed by atoms with E-state index in [2.05, 4.69) is 19.2 Å². The van der Waals surface area contributed by atoms with Crippen molar-refractivity contribution < 1.29 is 8.42 Å². The highest BCUT2D eigenvalue weighted by molar-refractivity contribution is 7.91. The maximum absolute atomic E-state index is 12.5. The van der Waals surface area contributed by atoms with Crippen LogP contribution in [0.25, 0.3) is 0 Å². The molecular formula is C14H23ClN2O2S2. The van der Waals surface area contributed by atoms with E-state index < -0.39 is 10.0 Å². The lowest BCUT2D eigenvalue weighted by molar-refractivity contribution is 0.231. The van der Waals surface area contributed by atoms with Gasteiger partial charge in [-0.15, -0.1) is 11.3 Å². The number of thiophene rings is 1. The highest BCUT2D eigenvalue weighted by Gasteiger charge is 2.31. The number of hydrogen-bond acceptors (Lipinski definition) is 4. The van der Waals surface area contributed by atoms with Gasteiger partial charge in [0.2, 0.25) is 0 Å². The zero-order valence-corrected chi connectivity index (χ0v) is 14.9. The average molecular weight is 351 g/mol. The maximum atomic E-state index is 12.5. The molecule has 7 heteroatoms. The van der Waals surface area contributed by atoms with Crippen LogP contribution >= 0.6 is 22.9 Å². The standard InChI is InChI=1S/C14H23ClN2O2S2/c1-3-8-16-11(2)12-6-9-17(10-7-12)21(18,19)14-5-4-13(15)20-14/h4-5,11-12,16H,3,6-10H2,1-2H3. The second kappa shape index (κ2) is 7.42. The Morgan fingerprint density at radius 2 is 2.10 bits per heavy atom. The molecule has 0 aliphatic carbocycles. The first-order chi connectivity index (χ1) is 9.95. The fraction of sp³-hybridized carbons (Fsp3) is 0.714. The lowest BCUT2D eigenvalue weighted by Gasteiger charge is -2.34. The van der Waals surface area contributed by atoms with Crippen LogP contribution in [0.5, 0.6) is 0 Å². The van der Waals surface area contributed by atoms with Crippen LogP contribution in [-0.2, 0) is 10.0 Å². The van der Waals surface area contributed by atoms with E-state index in [-0.39, 0.29) is 0 Å². The van der Waals surface area contributed by atoms with Crippen molar-refractivity contribution in [2.45, 2.75) is 43.4 Å². The summed E-state index contributed by atoms with van der Waals surface area (Å²) in [6.45, 7) is 6.57. The minimum atomic E-state index is -3.36. The van der Waals surface area contributed by atoms with E-state index in [1.165, 1.54) is 0 Å². The molecule has 1 aliphatic heterocycles. The molecule has 0 spiro atoms. The quantitative estimate of drug-likeness (QED) is 0.857. The molecule has 1 N–H and O–H groups in total. The topological polar surface area (TPSA) is 49.4 Å². The normalized spacial score (nSPS) is 19.8. The van der Waals surface area contributed by atoms with Gasteiger partial charge in [0.05, 0.1) is 4.34 Å². The predicted molar refractivity (Wildman–Crippen MR) is 88.6 cm³/mol. The van der Waals surface area contributed by atoms with Gasteiger partial charge in [-0.05, 0) is 50.8 Å². The number of rotatable bonds is 6. The Hall–Kier alpha value is -0.140. The Morgan fingerprint density at radius 3 is 2.62 bits per heavy atom. The molecule has 1 aromatic heterocycles. The first kappa shape index (κ1) is 17.2. The minimum absolute atomic E-state index is 0.350. The predicted octanol–water partition coefficient (Wildman–Crippen LogP) is 3.19. The molecule has 1 aromatic rings. The van der Waals surface area contributed by atoms with Gasteiger partial charge >= 0.3 is 0 Å². The summed E-state index contributed by atoms with van der Waals surface area (Å²) >= 11 is 6.98. The van der Waals surface area contributed by atoms with Gasteiger partial charge in [0.25, 0.3) is 10.0 Å². The van der Waals surface area contributed by atoms with Gasteiger partial charge in [0, 0.05) is 19.1 Å². The lowest BCUT2D eigenvalue weighted by atomic mass is 9.91. The Labute approximate surface area is 136 Å². The van der Waals surface area contributed by atoms with E-state index in [1.54, 1.807) is 16.4 Å². The third-order valence-electron chi connectivity index (χ3n) is 4.06. The molecule has 0 radical (unpaired) electrons. The number of hydrogen-bond donors (Lipinski definition) is 1. The second-order valence-electron chi connectivity index (χ2n) is 5.54. The molecule has 21 heavy (non-hydrogen) atoms. The molecule has 0 bridgehead atoms. The van der Waals surface area contributed by atoms with Crippen molar-refractivity contribution in [3.05, 3.63) is 16.5 Å². The highest BCUT2D eigenvalue weighted by Crippen LogP contribution is 2.31. The van der Waals surface area contributed by atoms with Gasteiger partial charge in [-0.3, -0.25) is 0 Å². The molecule has 1 fully saturated rings. The summed E-state index contributed by atoms with van der Waals surface area (Å²) in [5.74, 6) is 0.551. The number of piperidine rings is 1. The van der Waals surface area contributed by atoms with Crippen LogP contribution in [0.2, 0.25) is 4.34 Å². The smallest absolute Gasteiger partial charge is 0.252 e. The van der Waals surface area contributed by atoms with E-state index in [9.17, 15) is 8.42 Å². The van der Waals surface area contributed by atoms with Crippen molar-refractivity contribution in [2.75, 3.05) is 19.6 Å². The molecule has 0 amide bonds. The molecule has 4 nitrogen and oxygen atoms in total. The van der Waals surface area contributed by atoms with Gasteiger partial charge in [-0.2, -0.15) is 4.31 Å². The fourth-order valence-corrected chi connectivity index (χ4v) is 5.83. The number of nitrogens with zero attached hydrogens (tertiary/aromatic N) is 1. The first-order valence-corrected chi connectivity index (χ1v) is 10.1. The van der Waals surface area contributed by atoms with E-state index in [0.29, 0.717) is 33.6 Å². The van der Waals surface area contributed by atoms with Crippen LogP contribution in [0, 0.1) is 5.92 Å². The maximum Gasteiger partial charge on any atom is 0.252 e. The van der Waals surface area contributed by atoms with Gasteiger partial charge in [-0.25, -0.2) is 8.42 Å². The number of sulfonamides is 1. The van der Waals surface area contributed by atoms with Gasteiger partial charge in [0.1, 0.15) is 4.21 Å². The molecule has 2 heterocycles. The lowest BCUT2D eigenvalue weighted by Crippen LogP contribution is -2.44. The Morgan fingerprint density at radius 1 is 1.43 bits per heavy atom. The highest BCUT2D eigenvalue weighted by atomic mass is 35.5. The summed E-state index contributed by atoms with van der Waals surface area (Å²) in [4.78, 5) is 0. The first-order valence-electron chi connectivity index (χ1n) is 7.44. The van der Waals surface area contributed by atoms with Crippen molar-refractivity contribution in [2.24, 2.45) is 5.92 Å². The largest absolute Gasteiger partial charge is 0.314 e. The Bertz CT molecular complexity index is 551.